The molecule has 0 aliphatic heterocycles. The fourth-order valence-electron chi connectivity index (χ4n) is 1.64. The molecule has 0 saturated carbocycles. The average molecular weight is 358 g/mol. The van der Waals surface area contributed by atoms with E-state index in [1.54, 1.807) is 36.4 Å². The van der Waals surface area contributed by atoms with Crippen LogP contribution >= 0.6 is 21.6 Å². The van der Waals surface area contributed by atoms with Crippen LogP contribution < -0.4 is 0 Å². The first kappa shape index (κ1) is 17.9. The van der Waals surface area contributed by atoms with Gasteiger partial charge in [0.05, 0.1) is 0 Å². The summed E-state index contributed by atoms with van der Waals surface area (Å²) in [6.07, 6.45) is 5.99. The number of rotatable bonds is 4. The average Bonchev–Trinajstić information content (AvgIpc) is 2.59. The SMILES string of the molecule is O=C(/C=C/c1ccc(O)cc1)SSC(=O)/C=C/c1ccc(O)cc1. The van der Waals surface area contributed by atoms with Gasteiger partial charge >= 0.3 is 0 Å². The zero-order chi connectivity index (χ0) is 17.4. The second-order valence-electron chi connectivity index (χ2n) is 4.65. The van der Waals surface area contributed by atoms with Crippen LogP contribution in [0, 0.1) is 0 Å². The molecule has 0 aliphatic carbocycles. The van der Waals surface area contributed by atoms with E-state index in [0.717, 1.165) is 32.7 Å². The molecule has 0 radical (unpaired) electrons. The summed E-state index contributed by atoms with van der Waals surface area (Å²) in [4.78, 5) is 23.4. The molecule has 0 atom stereocenters. The predicted octanol–water partition coefficient (Wildman–Crippen LogP) is 4.26. The van der Waals surface area contributed by atoms with Gasteiger partial charge in [-0.1, -0.05) is 36.4 Å². The third-order valence-corrected chi connectivity index (χ3v) is 4.74. The summed E-state index contributed by atoms with van der Waals surface area (Å²) < 4.78 is 0. The number of phenols is 2. The number of phenolic OH excluding ortho intramolecular Hbond substituents is 2. The van der Waals surface area contributed by atoms with Gasteiger partial charge in [0.2, 0.25) is 10.2 Å². The van der Waals surface area contributed by atoms with Gasteiger partial charge in [-0.3, -0.25) is 9.59 Å². The van der Waals surface area contributed by atoms with E-state index in [9.17, 15) is 19.8 Å². The molecule has 0 bridgehead atoms. The van der Waals surface area contributed by atoms with E-state index in [-0.39, 0.29) is 21.7 Å². The topological polar surface area (TPSA) is 74.6 Å². The molecule has 122 valence electrons. The normalized spacial score (nSPS) is 11.2. The van der Waals surface area contributed by atoms with Gasteiger partial charge in [-0.2, -0.15) is 0 Å². The fraction of sp³-hybridized carbons (Fsp3) is 0. The lowest BCUT2D eigenvalue weighted by atomic mass is 10.2. The zero-order valence-electron chi connectivity index (χ0n) is 12.5. The molecular weight excluding hydrogens is 344 g/mol. The Morgan fingerprint density at radius 3 is 1.33 bits per heavy atom. The fourth-order valence-corrected chi connectivity index (χ4v) is 2.87. The molecule has 2 aromatic carbocycles. The molecule has 2 N–H and O–H groups in total. The Bertz CT molecular complexity index is 695. The largest absolute Gasteiger partial charge is 0.508 e. The van der Waals surface area contributed by atoms with Crippen LogP contribution in [-0.2, 0) is 9.59 Å². The Balaban J connectivity index is 1.79. The molecule has 0 unspecified atom stereocenters. The molecule has 0 amide bonds. The first-order chi connectivity index (χ1) is 11.5. The van der Waals surface area contributed by atoms with Crippen molar-refractivity contribution in [3.63, 3.8) is 0 Å². The molecule has 0 saturated heterocycles. The molecule has 4 nitrogen and oxygen atoms in total. The molecule has 0 fully saturated rings. The molecule has 2 aromatic rings. The van der Waals surface area contributed by atoms with Crippen molar-refractivity contribution in [3.05, 3.63) is 71.8 Å². The maximum absolute atomic E-state index is 11.7. The number of carbonyl (C=O) groups excluding carboxylic acids is 2. The van der Waals surface area contributed by atoms with Crippen LogP contribution in [0.2, 0.25) is 0 Å². The third-order valence-electron chi connectivity index (χ3n) is 2.82. The zero-order valence-corrected chi connectivity index (χ0v) is 14.1. The maximum Gasteiger partial charge on any atom is 0.223 e. The summed E-state index contributed by atoms with van der Waals surface area (Å²) in [5, 5.41) is 17.8. The molecule has 0 aromatic heterocycles. The molecule has 2 rings (SSSR count). The highest BCUT2D eigenvalue weighted by molar-refractivity contribution is 8.87. The summed E-state index contributed by atoms with van der Waals surface area (Å²) in [6.45, 7) is 0. The van der Waals surface area contributed by atoms with E-state index in [1.807, 2.05) is 0 Å². The van der Waals surface area contributed by atoms with Crippen LogP contribution in [0.15, 0.2) is 60.7 Å². The van der Waals surface area contributed by atoms with Crippen molar-refractivity contribution in [2.45, 2.75) is 0 Å². The third kappa shape index (κ3) is 6.36. The van der Waals surface area contributed by atoms with E-state index >= 15 is 0 Å². The van der Waals surface area contributed by atoms with Crippen molar-refractivity contribution in [2.24, 2.45) is 0 Å². The number of aromatic hydroxyl groups is 2. The van der Waals surface area contributed by atoms with Crippen LogP contribution in [0.5, 0.6) is 11.5 Å². The van der Waals surface area contributed by atoms with Crippen molar-refractivity contribution in [1.82, 2.24) is 0 Å². The number of hydrogen-bond donors (Lipinski definition) is 2. The van der Waals surface area contributed by atoms with Gasteiger partial charge in [-0.05, 0) is 69.1 Å². The van der Waals surface area contributed by atoms with Gasteiger partial charge in [0, 0.05) is 0 Å². The van der Waals surface area contributed by atoms with Gasteiger partial charge in [0.15, 0.2) is 0 Å². The molecule has 0 aliphatic rings. The molecule has 0 spiro atoms. The first-order valence-corrected chi connectivity index (χ1v) is 9.04. The highest BCUT2D eigenvalue weighted by Crippen LogP contribution is 2.25. The number of carbonyl (C=O) groups is 2. The molecule has 24 heavy (non-hydrogen) atoms. The summed E-state index contributed by atoms with van der Waals surface area (Å²) in [5.41, 5.74) is 1.57. The minimum atomic E-state index is -0.251. The van der Waals surface area contributed by atoms with Crippen molar-refractivity contribution in [2.75, 3.05) is 0 Å². The lowest BCUT2D eigenvalue weighted by Gasteiger charge is -1.95. The van der Waals surface area contributed by atoms with Gasteiger partial charge in [0.25, 0.3) is 0 Å². The Morgan fingerprint density at radius 1 is 0.667 bits per heavy atom. The number of benzene rings is 2. The highest BCUT2D eigenvalue weighted by atomic mass is 33.1. The van der Waals surface area contributed by atoms with Crippen LogP contribution in [0.1, 0.15) is 11.1 Å². The quantitative estimate of drug-likeness (QED) is 0.628. The predicted molar refractivity (Wildman–Crippen MR) is 99.5 cm³/mol. The summed E-state index contributed by atoms with van der Waals surface area (Å²) in [5.74, 6) is 0.323. The van der Waals surface area contributed by atoms with E-state index in [4.69, 9.17) is 0 Å². The Kier molecular flexibility index (Phi) is 6.72. The van der Waals surface area contributed by atoms with Crippen LogP contribution in [0.25, 0.3) is 12.2 Å². The standard InChI is InChI=1S/C18H14O4S2/c19-15-7-1-13(2-8-15)5-11-17(21)23-24-18(22)12-6-14-3-9-16(20)10-4-14/h1-12,19-20H/b11-5+,12-6+. The Hall–Kier alpha value is -2.44. The van der Waals surface area contributed by atoms with E-state index < -0.39 is 0 Å². The highest BCUT2D eigenvalue weighted by Gasteiger charge is 2.04. The van der Waals surface area contributed by atoms with Gasteiger partial charge in [-0.15, -0.1) is 0 Å². The van der Waals surface area contributed by atoms with Crippen LogP contribution in [0.4, 0.5) is 0 Å². The minimum absolute atomic E-state index is 0.161. The van der Waals surface area contributed by atoms with E-state index in [1.165, 1.54) is 36.4 Å². The van der Waals surface area contributed by atoms with E-state index in [0.29, 0.717) is 0 Å². The summed E-state index contributed by atoms with van der Waals surface area (Å²) in [6, 6.07) is 12.9. The molecular formula is C18H14O4S2. The van der Waals surface area contributed by atoms with Gasteiger partial charge in [0.1, 0.15) is 11.5 Å². The van der Waals surface area contributed by atoms with Crippen molar-refractivity contribution in [1.29, 1.82) is 0 Å². The second-order valence-corrected chi connectivity index (χ2v) is 6.79. The van der Waals surface area contributed by atoms with Crippen LogP contribution in [-0.4, -0.2) is 20.4 Å². The molecule has 0 heterocycles. The van der Waals surface area contributed by atoms with Crippen molar-refractivity contribution in [3.8, 4) is 11.5 Å². The Morgan fingerprint density at radius 2 is 1.00 bits per heavy atom. The lowest BCUT2D eigenvalue weighted by molar-refractivity contribution is -0.108. The minimum Gasteiger partial charge on any atom is -0.508 e. The Labute approximate surface area is 147 Å². The maximum atomic E-state index is 11.7. The first-order valence-electron chi connectivity index (χ1n) is 6.89. The monoisotopic (exact) mass is 358 g/mol. The smallest absolute Gasteiger partial charge is 0.223 e. The summed E-state index contributed by atoms with van der Waals surface area (Å²) >= 11 is 0. The van der Waals surface area contributed by atoms with Crippen molar-refractivity contribution >= 4 is 44.0 Å². The van der Waals surface area contributed by atoms with Crippen molar-refractivity contribution < 1.29 is 19.8 Å². The molecule has 6 heteroatoms. The lowest BCUT2D eigenvalue weighted by Crippen LogP contribution is -1.86. The van der Waals surface area contributed by atoms with Crippen LogP contribution in [0.3, 0.4) is 0 Å². The second kappa shape index (κ2) is 9.00. The van der Waals surface area contributed by atoms with Gasteiger partial charge < -0.3 is 10.2 Å². The van der Waals surface area contributed by atoms with E-state index in [2.05, 4.69) is 0 Å². The summed E-state index contributed by atoms with van der Waals surface area (Å²) in [7, 11) is 1.69. The van der Waals surface area contributed by atoms with Gasteiger partial charge in [-0.25, -0.2) is 0 Å². The number of hydrogen-bond acceptors (Lipinski definition) is 6.